The lowest BCUT2D eigenvalue weighted by atomic mass is 10.2. The van der Waals surface area contributed by atoms with Crippen molar-refractivity contribution in [1.82, 2.24) is 4.90 Å². The van der Waals surface area contributed by atoms with Crippen molar-refractivity contribution in [3.8, 4) is 0 Å². The van der Waals surface area contributed by atoms with Gasteiger partial charge in [-0.2, -0.15) is 0 Å². The normalized spacial score (nSPS) is 14.7. The van der Waals surface area contributed by atoms with Crippen LogP contribution in [0.3, 0.4) is 0 Å². The van der Waals surface area contributed by atoms with Crippen LogP contribution in [0.15, 0.2) is 12.1 Å². The second-order valence-electron chi connectivity index (χ2n) is 4.68. The number of rotatable bonds is 6. The summed E-state index contributed by atoms with van der Waals surface area (Å²) in [6.45, 7) is 1.05. The minimum Gasteiger partial charge on any atom is -0.379 e. The van der Waals surface area contributed by atoms with Crippen LogP contribution in [0.1, 0.15) is 12.8 Å². The molecular weight excluding hydrogens is 256 g/mol. The zero-order chi connectivity index (χ0) is 14.0. The summed E-state index contributed by atoms with van der Waals surface area (Å²) in [5, 5.41) is 13.1. The molecule has 5 nitrogen and oxygen atoms in total. The van der Waals surface area contributed by atoms with E-state index in [0.29, 0.717) is 19.1 Å². The third kappa shape index (κ3) is 3.37. The van der Waals surface area contributed by atoms with E-state index in [1.807, 2.05) is 7.05 Å². The van der Waals surface area contributed by atoms with Gasteiger partial charge in [0, 0.05) is 19.1 Å². The van der Waals surface area contributed by atoms with E-state index in [9.17, 15) is 18.9 Å². The molecule has 104 valence electrons. The second-order valence-corrected chi connectivity index (χ2v) is 4.68. The highest BCUT2D eigenvalue weighted by atomic mass is 19.1. The minimum atomic E-state index is -0.944. The Morgan fingerprint density at radius 3 is 2.47 bits per heavy atom. The number of nitrogens with zero attached hydrogens (tertiary/aromatic N) is 2. The summed E-state index contributed by atoms with van der Waals surface area (Å²) in [5.74, 6) is -1.89. The van der Waals surface area contributed by atoms with Crippen LogP contribution in [0, 0.1) is 21.7 Å². The first-order chi connectivity index (χ1) is 8.99. The Morgan fingerprint density at radius 1 is 1.42 bits per heavy atom. The van der Waals surface area contributed by atoms with E-state index in [4.69, 9.17) is 0 Å². The number of hydrogen-bond donors (Lipinski definition) is 1. The van der Waals surface area contributed by atoms with Gasteiger partial charge in [0.2, 0.25) is 0 Å². The van der Waals surface area contributed by atoms with Crippen molar-refractivity contribution in [3.05, 3.63) is 33.9 Å². The number of likely N-dealkylation sites (N-methyl/N-ethyl adjacent to an activating group) is 1. The summed E-state index contributed by atoms with van der Waals surface area (Å²) < 4.78 is 27.1. The summed E-state index contributed by atoms with van der Waals surface area (Å²) >= 11 is 0. The van der Waals surface area contributed by atoms with Crippen LogP contribution in [0.4, 0.5) is 20.2 Å². The number of halogens is 2. The molecular formula is C12H15F2N3O2. The molecule has 0 bridgehead atoms. The first kappa shape index (κ1) is 13.7. The number of benzene rings is 1. The molecule has 1 aromatic rings. The fourth-order valence-corrected chi connectivity index (χ4v) is 1.89. The van der Waals surface area contributed by atoms with Crippen LogP contribution in [0.25, 0.3) is 0 Å². The topological polar surface area (TPSA) is 58.4 Å². The maximum Gasteiger partial charge on any atom is 0.275 e. The van der Waals surface area contributed by atoms with Crippen molar-refractivity contribution in [2.24, 2.45) is 0 Å². The van der Waals surface area contributed by atoms with Crippen LogP contribution >= 0.6 is 0 Å². The molecule has 1 N–H and O–H groups in total. The first-order valence-corrected chi connectivity index (χ1v) is 6.06. The van der Waals surface area contributed by atoms with E-state index >= 15 is 0 Å². The van der Waals surface area contributed by atoms with E-state index < -0.39 is 22.2 Å². The highest BCUT2D eigenvalue weighted by Crippen LogP contribution is 2.26. The van der Waals surface area contributed by atoms with Gasteiger partial charge in [-0.1, -0.05) is 0 Å². The predicted octanol–water partition coefficient (Wildman–Crippen LogP) is 2.38. The Morgan fingerprint density at radius 2 is 2.00 bits per heavy atom. The summed E-state index contributed by atoms with van der Waals surface area (Å²) in [6, 6.07) is 2.01. The molecule has 0 aromatic heterocycles. The van der Waals surface area contributed by atoms with Gasteiger partial charge in [0.15, 0.2) is 11.6 Å². The summed E-state index contributed by atoms with van der Waals surface area (Å²) in [6.07, 6.45) is 2.33. The lowest BCUT2D eigenvalue weighted by molar-refractivity contribution is -0.385. The largest absolute Gasteiger partial charge is 0.379 e. The van der Waals surface area contributed by atoms with Crippen LogP contribution in [-0.2, 0) is 0 Å². The third-order valence-corrected chi connectivity index (χ3v) is 3.17. The number of nitro benzene ring substituents is 1. The van der Waals surface area contributed by atoms with Gasteiger partial charge in [0.1, 0.15) is 5.69 Å². The molecule has 19 heavy (non-hydrogen) atoms. The lowest BCUT2D eigenvalue weighted by Gasteiger charge is -2.16. The zero-order valence-electron chi connectivity index (χ0n) is 10.5. The van der Waals surface area contributed by atoms with Crippen molar-refractivity contribution in [1.29, 1.82) is 0 Å². The monoisotopic (exact) mass is 271 g/mol. The van der Waals surface area contributed by atoms with Gasteiger partial charge < -0.3 is 10.2 Å². The van der Waals surface area contributed by atoms with Crippen molar-refractivity contribution in [2.75, 3.05) is 25.5 Å². The van der Waals surface area contributed by atoms with Gasteiger partial charge in [0.05, 0.1) is 17.1 Å². The Hall–Kier alpha value is -1.76. The minimum absolute atomic E-state index is 0.310. The van der Waals surface area contributed by atoms with Gasteiger partial charge in [0.25, 0.3) is 5.69 Å². The molecule has 0 radical (unpaired) electrons. The van der Waals surface area contributed by atoms with Crippen LogP contribution < -0.4 is 5.32 Å². The summed E-state index contributed by atoms with van der Waals surface area (Å²) in [7, 11) is 1.96. The molecule has 1 aromatic carbocycles. The molecule has 7 heteroatoms. The first-order valence-electron chi connectivity index (χ1n) is 6.06. The molecule has 0 spiro atoms. The Kier molecular flexibility index (Phi) is 3.94. The molecule has 0 saturated heterocycles. The molecule has 1 fully saturated rings. The maximum absolute atomic E-state index is 13.5. The average molecular weight is 271 g/mol. The van der Waals surface area contributed by atoms with Gasteiger partial charge in [-0.05, 0) is 19.9 Å². The number of non-ortho nitro benzene ring substituents is 1. The molecule has 1 aliphatic rings. The number of anilines is 1. The fraction of sp³-hybridized carbons (Fsp3) is 0.500. The fourth-order valence-electron chi connectivity index (χ4n) is 1.89. The highest BCUT2D eigenvalue weighted by molar-refractivity contribution is 5.51. The van der Waals surface area contributed by atoms with Crippen LogP contribution in [-0.4, -0.2) is 36.0 Å². The number of nitro groups is 1. The molecule has 0 amide bonds. The quantitative estimate of drug-likeness (QED) is 0.637. The molecule has 0 aliphatic heterocycles. The number of nitrogens with one attached hydrogen (secondary N) is 1. The Balaban J connectivity index is 1.97. The zero-order valence-corrected chi connectivity index (χ0v) is 10.5. The SMILES string of the molecule is CN(CCNc1c(F)cc([N+](=O)[O-])cc1F)C1CC1. The van der Waals surface area contributed by atoms with E-state index in [1.165, 1.54) is 0 Å². The highest BCUT2D eigenvalue weighted by Gasteiger charge is 2.25. The van der Waals surface area contributed by atoms with Crippen LogP contribution in [0.5, 0.6) is 0 Å². The molecule has 1 aliphatic carbocycles. The molecule has 0 unspecified atom stereocenters. The van der Waals surface area contributed by atoms with Crippen LogP contribution in [0.2, 0.25) is 0 Å². The average Bonchev–Trinajstić information content (AvgIpc) is 3.15. The lowest BCUT2D eigenvalue weighted by Crippen LogP contribution is -2.27. The van der Waals surface area contributed by atoms with Crippen molar-refractivity contribution < 1.29 is 13.7 Å². The van der Waals surface area contributed by atoms with Gasteiger partial charge in [-0.15, -0.1) is 0 Å². The molecule has 0 heterocycles. The Labute approximate surface area is 109 Å². The second kappa shape index (κ2) is 5.48. The summed E-state index contributed by atoms with van der Waals surface area (Å²) in [5.41, 5.74) is -0.898. The Bertz CT molecular complexity index is 469. The van der Waals surface area contributed by atoms with Crippen molar-refractivity contribution in [3.63, 3.8) is 0 Å². The molecule has 0 atom stereocenters. The van der Waals surface area contributed by atoms with E-state index in [1.54, 1.807) is 0 Å². The van der Waals surface area contributed by atoms with E-state index in [2.05, 4.69) is 10.2 Å². The summed E-state index contributed by atoms with van der Waals surface area (Å²) in [4.78, 5) is 11.7. The van der Waals surface area contributed by atoms with Gasteiger partial charge in [-0.3, -0.25) is 10.1 Å². The number of hydrogen-bond acceptors (Lipinski definition) is 4. The predicted molar refractivity (Wildman–Crippen MR) is 67.2 cm³/mol. The van der Waals surface area contributed by atoms with E-state index in [0.717, 1.165) is 25.0 Å². The molecule has 1 saturated carbocycles. The third-order valence-electron chi connectivity index (χ3n) is 3.17. The standard InChI is InChI=1S/C12H15F2N3O2/c1-16(8-2-3-8)5-4-15-12-10(13)6-9(17(18)19)7-11(12)14/h6-8,15H,2-5H2,1H3. The maximum atomic E-state index is 13.5. The van der Waals surface area contributed by atoms with Crippen molar-refractivity contribution >= 4 is 11.4 Å². The van der Waals surface area contributed by atoms with Gasteiger partial charge >= 0.3 is 0 Å². The van der Waals surface area contributed by atoms with E-state index in [-0.39, 0.29) is 5.69 Å². The van der Waals surface area contributed by atoms with Gasteiger partial charge in [-0.25, -0.2) is 8.78 Å². The van der Waals surface area contributed by atoms with Crippen molar-refractivity contribution in [2.45, 2.75) is 18.9 Å². The molecule has 2 rings (SSSR count). The smallest absolute Gasteiger partial charge is 0.275 e.